The first kappa shape index (κ1) is 13.6. The van der Waals surface area contributed by atoms with Crippen LogP contribution >= 0.6 is 0 Å². The Morgan fingerprint density at radius 3 is 2.39 bits per heavy atom. The van der Waals surface area contributed by atoms with Crippen molar-refractivity contribution in [3.05, 3.63) is 35.4 Å². The van der Waals surface area contributed by atoms with E-state index in [-0.39, 0.29) is 0 Å². The Hall–Kier alpha value is -0.820. The first-order valence-electron chi connectivity index (χ1n) is 7.69. The summed E-state index contributed by atoms with van der Waals surface area (Å²) < 4.78 is 0. The normalized spacial score (nSPS) is 16.9. The number of nitrogens with zero attached hydrogens (tertiary/aromatic N) is 1. The highest BCUT2D eigenvalue weighted by Crippen LogP contribution is 2.17. The van der Waals surface area contributed by atoms with Crippen molar-refractivity contribution >= 4 is 0 Å². The van der Waals surface area contributed by atoms with Gasteiger partial charge in [-0.05, 0) is 49.9 Å². The largest absolute Gasteiger partial charge is 0.299 e. The second-order valence-corrected chi connectivity index (χ2v) is 5.56. The van der Waals surface area contributed by atoms with Crippen molar-refractivity contribution in [1.29, 1.82) is 0 Å². The molecular weight excluding hydrogens is 218 g/mol. The van der Waals surface area contributed by atoms with Crippen molar-refractivity contribution in [1.82, 2.24) is 4.90 Å². The number of likely N-dealkylation sites (tertiary alicyclic amines) is 1. The third-order valence-electron chi connectivity index (χ3n) is 4.01. The first-order chi connectivity index (χ1) is 8.90. The lowest BCUT2D eigenvalue weighted by Gasteiger charge is -2.27. The Morgan fingerprint density at radius 2 is 1.67 bits per heavy atom. The second kappa shape index (κ2) is 7.58. The summed E-state index contributed by atoms with van der Waals surface area (Å²) in [7, 11) is 0. The zero-order valence-corrected chi connectivity index (χ0v) is 11.8. The zero-order chi connectivity index (χ0) is 12.6. The van der Waals surface area contributed by atoms with Crippen LogP contribution < -0.4 is 0 Å². The predicted molar refractivity (Wildman–Crippen MR) is 78.8 cm³/mol. The molecule has 1 heteroatoms. The number of rotatable bonds is 6. The Bertz CT molecular complexity index is 339. The molecule has 0 aromatic heterocycles. The van der Waals surface area contributed by atoms with Crippen LogP contribution in [0.2, 0.25) is 0 Å². The predicted octanol–water partition coefficient (Wildman–Crippen LogP) is 4.41. The Labute approximate surface area is 112 Å². The number of piperidine rings is 1. The molecular formula is C17H27N. The van der Waals surface area contributed by atoms with Gasteiger partial charge >= 0.3 is 0 Å². The van der Waals surface area contributed by atoms with E-state index in [1.165, 1.54) is 64.6 Å². The Balaban J connectivity index is 1.93. The summed E-state index contributed by atoms with van der Waals surface area (Å²) in [5.41, 5.74) is 3.15. The summed E-state index contributed by atoms with van der Waals surface area (Å²) in [6.45, 7) is 6.04. The Morgan fingerprint density at radius 1 is 0.944 bits per heavy atom. The monoisotopic (exact) mass is 245 g/mol. The van der Waals surface area contributed by atoms with Gasteiger partial charge in [-0.2, -0.15) is 0 Å². The van der Waals surface area contributed by atoms with Gasteiger partial charge in [0.25, 0.3) is 0 Å². The lowest BCUT2D eigenvalue weighted by atomic mass is 10.00. The van der Waals surface area contributed by atoms with Crippen molar-refractivity contribution in [2.75, 3.05) is 13.1 Å². The van der Waals surface area contributed by atoms with Gasteiger partial charge in [-0.15, -0.1) is 0 Å². The molecule has 100 valence electrons. The van der Waals surface area contributed by atoms with Gasteiger partial charge in [0, 0.05) is 6.54 Å². The summed E-state index contributed by atoms with van der Waals surface area (Å²) in [6, 6.07) is 9.05. The standard InChI is InChI=1S/C17H27N/c1-2-3-5-10-16-11-6-7-12-17(16)15-18-13-8-4-9-14-18/h6-7,11-12H,2-5,8-10,13-15H2,1H3. The first-order valence-corrected chi connectivity index (χ1v) is 7.69. The molecule has 1 fully saturated rings. The molecule has 1 saturated heterocycles. The molecule has 0 spiro atoms. The van der Waals surface area contributed by atoms with E-state index in [9.17, 15) is 0 Å². The molecule has 2 rings (SSSR count). The van der Waals surface area contributed by atoms with E-state index >= 15 is 0 Å². The lowest BCUT2D eigenvalue weighted by Crippen LogP contribution is -2.29. The van der Waals surface area contributed by atoms with Crippen LogP contribution in [0.25, 0.3) is 0 Å². The van der Waals surface area contributed by atoms with E-state index in [2.05, 4.69) is 36.1 Å². The van der Waals surface area contributed by atoms with Gasteiger partial charge in [0.05, 0.1) is 0 Å². The lowest BCUT2D eigenvalue weighted by molar-refractivity contribution is 0.220. The van der Waals surface area contributed by atoms with Crippen molar-refractivity contribution in [2.24, 2.45) is 0 Å². The molecule has 18 heavy (non-hydrogen) atoms. The molecule has 0 amide bonds. The second-order valence-electron chi connectivity index (χ2n) is 5.56. The number of aryl methyl sites for hydroxylation is 1. The van der Waals surface area contributed by atoms with Crippen LogP contribution in [0.15, 0.2) is 24.3 Å². The van der Waals surface area contributed by atoms with Crippen LogP contribution in [-0.4, -0.2) is 18.0 Å². The molecule has 0 bridgehead atoms. The van der Waals surface area contributed by atoms with Gasteiger partial charge in [0.1, 0.15) is 0 Å². The van der Waals surface area contributed by atoms with Gasteiger partial charge in [0.2, 0.25) is 0 Å². The highest BCUT2D eigenvalue weighted by Gasteiger charge is 2.11. The fraction of sp³-hybridized carbons (Fsp3) is 0.647. The van der Waals surface area contributed by atoms with Crippen LogP contribution in [0, 0.1) is 0 Å². The molecule has 1 heterocycles. The maximum atomic E-state index is 2.63. The zero-order valence-electron chi connectivity index (χ0n) is 11.8. The average Bonchev–Trinajstić information content (AvgIpc) is 2.42. The van der Waals surface area contributed by atoms with Gasteiger partial charge in [0.15, 0.2) is 0 Å². The van der Waals surface area contributed by atoms with E-state index in [0.717, 1.165) is 0 Å². The average molecular weight is 245 g/mol. The molecule has 1 aliphatic rings. The summed E-state index contributed by atoms with van der Waals surface area (Å²) in [6.07, 6.45) is 9.47. The third-order valence-corrected chi connectivity index (χ3v) is 4.01. The quantitative estimate of drug-likeness (QED) is 0.671. The van der Waals surface area contributed by atoms with Gasteiger partial charge in [-0.1, -0.05) is 50.5 Å². The van der Waals surface area contributed by atoms with E-state index in [4.69, 9.17) is 0 Å². The SMILES string of the molecule is CCCCCc1ccccc1CN1CCCCC1. The molecule has 0 unspecified atom stereocenters. The fourth-order valence-corrected chi connectivity index (χ4v) is 2.88. The fourth-order valence-electron chi connectivity index (χ4n) is 2.88. The van der Waals surface area contributed by atoms with E-state index in [0.29, 0.717) is 0 Å². The maximum Gasteiger partial charge on any atom is 0.0236 e. The smallest absolute Gasteiger partial charge is 0.0236 e. The molecule has 0 saturated carbocycles. The van der Waals surface area contributed by atoms with Crippen molar-refractivity contribution in [2.45, 2.75) is 58.4 Å². The molecule has 1 nitrogen and oxygen atoms in total. The summed E-state index contributed by atoms with van der Waals surface area (Å²) in [4.78, 5) is 2.63. The molecule has 0 radical (unpaired) electrons. The van der Waals surface area contributed by atoms with Crippen molar-refractivity contribution < 1.29 is 0 Å². The van der Waals surface area contributed by atoms with Gasteiger partial charge in [-0.3, -0.25) is 4.90 Å². The van der Waals surface area contributed by atoms with Crippen LogP contribution in [0.4, 0.5) is 0 Å². The van der Waals surface area contributed by atoms with Gasteiger partial charge < -0.3 is 0 Å². The van der Waals surface area contributed by atoms with E-state index in [1.807, 2.05) is 0 Å². The number of hydrogen-bond donors (Lipinski definition) is 0. The molecule has 1 aliphatic heterocycles. The number of benzene rings is 1. The third kappa shape index (κ3) is 4.13. The summed E-state index contributed by atoms with van der Waals surface area (Å²) in [5.74, 6) is 0. The van der Waals surface area contributed by atoms with Crippen LogP contribution in [0.1, 0.15) is 56.6 Å². The maximum absolute atomic E-state index is 2.63. The molecule has 0 N–H and O–H groups in total. The molecule has 1 aromatic rings. The van der Waals surface area contributed by atoms with E-state index in [1.54, 1.807) is 11.1 Å². The molecule has 0 atom stereocenters. The minimum absolute atomic E-state index is 1.17. The topological polar surface area (TPSA) is 3.24 Å². The number of unbranched alkanes of at least 4 members (excludes halogenated alkanes) is 2. The van der Waals surface area contributed by atoms with Crippen LogP contribution in [-0.2, 0) is 13.0 Å². The Kier molecular flexibility index (Phi) is 5.73. The van der Waals surface area contributed by atoms with Crippen molar-refractivity contribution in [3.63, 3.8) is 0 Å². The summed E-state index contributed by atoms with van der Waals surface area (Å²) in [5, 5.41) is 0. The minimum Gasteiger partial charge on any atom is -0.299 e. The van der Waals surface area contributed by atoms with Crippen LogP contribution in [0.3, 0.4) is 0 Å². The minimum atomic E-state index is 1.17. The molecule has 0 aliphatic carbocycles. The van der Waals surface area contributed by atoms with Crippen LogP contribution in [0.5, 0.6) is 0 Å². The highest BCUT2D eigenvalue weighted by atomic mass is 15.1. The van der Waals surface area contributed by atoms with Gasteiger partial charge in [-0.25, -0.2) is 0 Å². The van der Waals surface area contributed by atoms with Crippen molar-refractivity contribution in [3.8, 4) is 0 Å². The van der Waals surface area contributed by atoms with E-state index < -0.39 is 0 Å². The summed E-state index contributed by atoms with van der Waals surface area (Å²) >= 11 is 0. The highest BCUT2D eigenvalue weighted by molar-refractivity contribution is 5.27. The number of hydrogen-bond acceptors (Lipinski definition) is 1. The molecule has 1 aromatic carbocycles.